The number of hydrogen-bond donors (Lipinski definition) is 1. The molecule has 2 aromatic carbocycles. The number of halogens is 2. The smallest absolute Gasteiger partial charge is 0.409 e. The highest BCUT2D eigenvalue weighted by molar-refractivity contribution is 6.02. The number of carbonyl (C=O) groups excluding carboxylic acids is 2. The Bertz CT molecular complexity index is 1700. The molecular weight excluding hydrogens is 554 g/mol. The zero-order valence-corrected chi connectivity index (χ0v) is 24.2. The quantitative estimate of drug-likeness (QED) is 0.318. The second kappa shape index (κ2) is 11.6. The zero-order valence-electron chi connectivity index (χ0n) is 24.2. The van der Waals surface area contributed by atoms with Crippen molar-refractivity contribution in [1.82, 2.24) is 19.4 Å². The average molecular weight is 589 g/mol. The van der Waals surface area contributed by atoms with Crippen molar-refractivity contribution in [3.05, 3.63) is 71.7 Å². The number of fused-ring (bicyclic) bond motifs is 2. The molecule has 2 aliphatic rings. The first-order chi connectivity index (χ1) is 20.7. The lowest BCUT2D eigenvalue weighted by atomic mass is 10.0. The summed E-state index contributed by atoms with van der Waals surface area (Å²) in [6.45, 7) is 6.04. The Morgan fingerprint density at radius 3 is 2.63 bits per heavy atom. The molecule has 0 saturated carbocycles. The van der Waals surface area contributed by atoms with Crippen LogP contribution in [0.25, 0.3) is 22.2 Å². The van der Waals surface area contributed by atoms with E-state index in [1.54, 1.807) is 9.80 Å². The molecule has 0 bridgehead atoms. The Hall–Kier alpha value is -4.54. The minimum atomic E-state index is -0.600. The van der Waals surface area contributed by atoms with E-state index < -0.39 is 11.6 Å². The molecule has 4 aromatic rings. The average Bonchev–Trinajstić information content (AvgIpc) is 3.60. The number of amides is 2. The molecule has 43 heavy (non-hydrogen) atoms. The molecule has 2 aliphatic heterocycles. The number of piperidine rings is 1. The van der Waals surface area contributed by atoms with Gasteiger partial charge in [0.2, 0.25) is 5.91 Å². The van der Waals surface area contributed by atoms with Crippen LogP contribution >= 0.6 is 0 Å². The summed E-state index contributed by atoms with van der Waals surface area (Å²) in [5, 5.41) is 0.758. The Kier molecular flexibility index (Phi) is 7.72. The van der Waals surface area contributed by atoms with Gasteiger partial charge in [0.1, 0.15) is 29.4 Å². The lowest BCUT2D eigenvalue weighted by Gasteiger charge is -2.32. The third-order valence-electron chi connectivity index (χ3n) is 8.23. The molecule has 4 heterocycles. The lowest BCUT2D eigenvalue weighted by Crippen LogP contribution is -2.39. The van der Waals surface area contributed by atoms with Gasteiger partial charge in [-0.15, -0.1) is 0 Å². The molecule has 2 aromatic heterocycles. The van der Waals surface area contributed by atoms with Gasteiger partial charge in [-0.1, -0.05) is 19.9 Å². The molecule has 0 spiro atoms. The van der Waals surface area contributed by atoms with Gasteiger partial charge in [0.15, 0.2) is 0 Å². The number of ether oxygens (including phenoxy) is 1. The predicted octanol–water partition coefficient (Wildman–Crippen LogP) is 5.52. The fraction of sp³-hybridized carbons (Fsp3) is 0.375. The number of aromatic nitrogens is 3. The number of nitrogens with two attached hydrogens (primary N) is 1. The number of nitrogens with zero attached hydrogens (tertiary/aromatic N) is 5. The number of hydrogen-bond acceptors (Lipinski definition) is 6. The van der Waals surface area contributed by atoms with Gasteiger partial charge in [0.25, 0.3) is 0 Å². The molecule has 0 aliphatic carbocycles. The van der Waals surface area contributed by atoms with Gasteiger partial charge >= 0.3 is 6.09 Å². The van der Waals surface area contributed by atoms with E-state index in [2.05, 4.69) is 20.7 Å². The highest BCUT2D eigenvalue weighted by Crippen LogP contribution is 2.39. The molecule has 1 saturated heterocycles. The number of carbonyl (C=O) groups is 2. The van der Waals surface area contributed by atoms with Crippen molar-refractivity contribution in [1.29, 1.82) is 0 Å². The van der Waals surface area contributed by atoms with Gasteiger partial charge in [-0.3, -0.25) is 4.79 Å². The van der Waals surface area contributed by atoms with Crippen LogP contribution in [0.4, 0.5) is 25.1 Å². The van der Waals surface area contributed by atoms with E-state index in [0.717, 1.165) is 64.5 Å². The number of anilines is 2. The summed E-state index contributed by atoms with van der Waals surface area (Å²) in [5.74, 6) is -0.804. The van der Waals surface area contributed by atoms with Crippen molar-refractivity contribution < 1.29 is 23.1 Å². The summed E-state index contributed by atoms with van der Waals surface area (Å²) in [6, 6.07) is 9.14. The molecule has 0 radical (unpaired) electrons. The summed E-state index contributed by atoms with van der Waals surface area (Å²) in [7, 11) is 0. The molecule has 1 fully saturated rings. The molecule has 6 rings (SSSR count). The summed E-state index contributed by atoms with van der Waals surface area (Å²) < 4.78 is 35.4. The van der Waals surface area contributed by atoms with E-state index in [0.29, 0.717) is 38.5 Å². The van der Waals surface area contributed by atoms with Crippen LogP contribution in [0.15, 0.2) is 48.9 Å². The highest BCUT2D eigenvalue weighted by atomic mass is 19.1. The lowest BCUT2D eigenvalue weighted by molar-refractivity contribution is -0.117. The Morgan fingerprint density at radius 2 is 1.86 bits per heavy atom. The van der Waals surface area contributed by atoms with Crippen molar-refractivity contribution in [2.75, 3.05) is 36.9 Å². The van der Waals surface area contributed by atoms with E-state index in [1.165, 1.54) is 6.33 Å². The topological polar surface area (TPSA) is 107 Å². The first kappa shape index (κ1) is 28.6. The van der Waals surface area contributed by atoms with Crippen LogP contribution in [0.2, 0.25) is 0 Å². The summed E-state index contributed by atoms with van der Waals surface area (Å²) >= 11 is 0. The summed E-state index contributed by atoms with van der Waals surface area (Å²) in [6.07, 6.45) is 5.15. The number of likely N-dealkylation sites (tertiary alicyclic amines) is 1. The second-order valence-electron chi connectivity index (χ2n) is 11.6. The first-order valence-electron chi connectivity index (χ1n) is 14.6. The number of nitrogen functional groups attached to an aromatic ring is 1. The van der Waals surface area contributed by atoms with Crippen LogP contribution in [0, 0.1) is 17.6 Å². The molecule has 0 atom stereocenters. The van der Waals surface area contributed by atoms with Gasteiger partial charge < -0.3 is 24.8 Å². The molecule has 11 heteroatoms. The van der Waals surface area contributed by atoms with E-state index >= 15 is 0 Å². The molecule has 224 valence electrons. The largest absolute Gasteiger partial charge is 0.449 e. The summed E-state index contributed by atoms with van der Waals surface area (Å²) in [5.41, 5.74) is 10.7. The Balaban J connectivity index is 1.24. The van der Waals surface area contributed by atoms with Crippen molar-refractivity contribution in [2.24, 2.45) is 5.92 Å². The third kappa shape index (κ3) is 5.63. The van der Waals surface area contributed by atoms with Crippen LogP contribution in [0.3, 0.4) is 0 Å². The van der Waals surface area contributed by atoms with Crippen LogP contribution in [-0.4, -0.2) is 57.7 Å². The third-order valence-corrected chi connectivity index (χ3v) is 8.23. The Morgan fingerprint density at radius 1 is 1.07 bits per heavy atom. The van der Waals surface area contributed by atoms with Gasteiger partial charge in [-0.05, 0) is 66.6 Å². The van der Waals surface area contributed by atoms with E-state index in [-0.39, 0.29) is 35.9 Å². The SMILES string of the molecule is CC(C)COC(=O)N1CCC(n2cc(-c3ccc4c(c3)CCN4C(=O)Cc3cc(F)ccc3F)c3c(N)ncnc32)CC1. The predicted molar refractivity (Wildman–Crippen MR) is 160 cm³/mol. The van der Waals surface area contributed by atoms with E-state index in [4.69, 9.17) is 10.5 Å². The normalized spacial score (nSPS) is 15.4. The number of benzene rings is 2. The fourth-order valence-corrected chi connectivity index (χ4v) is 6.03. The van der Waals surface area contributed by atoms with E-state index in [1.807, 2.05) is 32.0 Å². The molecule has 2 N–H and O–H groups in total. The molecule has 2 amide bonds. The fourth-order valence-electron chi connectivity index (χ4n) is 6.03. The maximum Gasteiger partial charge on any atom is 0.409 e. The maximum atomic E-state index is 14.2. The van der Waals surface area contributed by atoms with Crippen LogP contribution in [-0.2, 0) is 22.4 Å². The maximum absolute atomic E-state index is 14.2. The molecule has 9 nitrogen and oxygen atoms in total. The van der Waals surface area contributed by atoms with Crippen LogP contribution < -0.4 is 10.6 Å². The second-order valence-corrected chi connectivity index (χ2v) is 11.6. The Labute approximate surface area is 248 Å². The minimum absolute atomic E-state index is 0.0386. The van der Waals surface area contributed by atoms with Crippen molar-refractivity contribution in [2.45, 2.75) is 45.6 Å². The minimum Gasteiger partial charge on any atom is -0.449 e. The van der Waals surface area contributed by atoms with Gasteiger partial charge in [-0.2, -0.15) is 0 Å². The van der Waals surface area contributed by atoms with E-state index in [9.17, 15) is 18.4 Å². The van der Waals surface area contributed by atoms with Crippen molar-refractivity contribution in [3.63, 3.8) is 0 Å². The standard InChI is InChI=1S/C32H34F2N6O3/c1-19(2)17-43-32(42)38-10-8-24(9-11-38)40-16-25(29-30(35)36-18-37-31(29)40)20-3-6-27-21(13-20)7-12-39(27)28(41)15-22-14-23(33)4-5-26(22)34/h3-6,13-14,16,18-19,24H,7-12,15,17H2,1-2H3,(H2,35,36,37). The first-order valence-corrected chi connectivity index (χ1v) is 14.6. The van der Waals surface area contributed by atoms with Gasteiger partial charge in [0, 0.05) is 48.7 Å². The van der Waals surface area contributed by atoms with Crippen LogP contribution in [0.1, 0.15) is 43.9 Å². The summed E-state index contributed by atoms with van der Waals surface area (Å²) in [4.78, 5) is 37.8. The number of rotatable bonds is 6. The van der Waals surface area contributed by atoms with Crippen molar-refractivity contribution in [3.8, 4) is 11.1 Å². The van der Waals surface area contributed by atoms with Gasteiger partial charge in [0.05, 0.1) is 18.4 Å². The molecular formula is C32H34F2N6O3. The van der Waals surface area contributed by atoms with Crippen LogP contribution in [0.5, 0.6) is 0 Å². The highest BCUT2D eigenvalue weighted by Gasteiger charge is 2.29. The van der Waals surface area contributed by atoms with Gasteiger partial charge in [-0.25, -0.2) is 23.5 Å². The molecule has 0 unspecified atom stereocenters. The zero-order chi connectivity index (χ0) is 30.2. The monoisotopic (exact) mass is 588 g/mol. The van der Waals surface area contributed by atoms with Crippen molar-refractivity contribution >= 4 is 34.5 Å².